The molecule has 0 amide bonds. The van der Waals surface area contributed by atoms with Crippen molar-refractivity contribution in [3.05, 3.63) is 35.9 Å². The Hall–Kier alpha value is -1.79. The summed E-state index contributed by atoms with van der Waals surface area (Å²) in [5.41, 5.74) is 2.39. The zero-order chi connectivity index (χ0) is 16.2. The molecule has 0 spiro atoms. The molecule has 23 heavy (non-hydrogen) atoms. The van der Waals surface area contributed by atoms with E-state index in [2.05, 4.69) is 28.9 Å². The van der Waals surface area contributed by atoms with Gasteiger partial charge in [-0.15, -0.1) is 0 Å². The largest absolute Gasteiger partial charge is 0.454 e. The van der Waals surface area contributed by atoms with Crippen LogP contribution in [-0.2, 0) is 6.54 Å². The van der Waals surface area contributed by atoms with E-state index in [1.807, 2.05) is 13.0 Å². The number of piperazine rings is 1. The summed E-state index contributed by atoms with van der Waals surface area (Å²) in [6, 6.07) is 6.23. The number of hydrogen-bond donors (Lipinski definition) is 2. The van der Waals surface area contributed by atoms with Crippen LogP contribution in [0.5, 0.6) is 11.5 Å². The molecule has 1 aromatic carbocycles. The van der Waals surface area contributed by atoms with Gasteiger partial charge in [0.15, 0.2) is 16.6 Å². The number of nitrogens with zero attached hydrogens (tertiary/aromatic N) is 1. The van der Waals surface area contributed by atoms with Crippen molar-refractivity contribution in [3.63, 3.8) is 0 Å². The monoisotopic (exact) mass is 334 g/mol. The molecule has 1 aromatic rings. The topological polar surface area (TPSA) is 38.2 Å². The Labute approximate surface area is 142 Å². The van der Waals surface area contributed by atoms with E-state index in [4.69, 9.17) is 21.7 Å². The third kappa shape index (κ3) is 4.14. The van der Waals surface area contributed by atoms with Gasteiger partial charge < -0.3 is 24.6 Å². The lowest BCUT2D eigenvalue weighted by atomic mass is 10.1. The number of fused-ring (bicyclic) bond motifs is 1. The molecule has 124 valence electrons. The lowest BCUT2D eigenvalue weighted by molar-refractivity contribution is -0.917. The van der Waals surface area contributed by atoms with Crippen molar-refractivity contribution < 1.29 is 14.4 Å². The molecule has 2 aliphatic heterocycles. The minimum Gasteiger partial charge on any atom is -0.454 e. The number of nitrogens with one attached hydrogen (secondary N) is 2. The van der Waals surface area contributed by atoms with E-state index in [1.165, 1.54) is 5.56 Å². The standard InChI is InChI=1S/C17H23N3O2S/c1-13(2)10-18-17(23)20-7-5-19(6-8-20)11-14-3-4-15-16(9-14)22-12-21-15/h3-4,9H,1,5-8,10-12H2,2H3,(H,18,23)/p+1. The highest BCUT2D eigenvalue weighted by molar-refractivity contribution is 7.80. The third-order valence-corrected chi connectivity index (χ3v) is 4.59. The molecule has 2 aliphatic rings. The summed E-state index contributed by atoms with van der Waals surface area (Å²) in [5, 5.41) is 4.11. The van der Waals surface area contributed by atoms with E-state index in [9.17, 15) is 0 Å². The number of rotatable bonds is 4. The first-order valence-electron chi connectivity index (χ1n) is 8.01. The second kappa shape index (κ2) is 7.19. The number of hydrogen-bond acceptors (Lipinski definition) is 3. The van der Waals surface area contributed by atoms with Crippen molar-refractivity contribution in [2.45, 2.75) is 13.5 Å². The quantitative estimate of drug-likeness (QED) is 0.622. The molecule has 2 N–H and O–H groups in total. The van der Waals surface area contributed by atoms with Crippen molar-refractivity contribution >= 4 is 17.3 Å². The first kappa shape index (κ1) is 16.1. The van der Waals surface area contributed by atoms with Gasteiger partial charge >= 0.3 is 0 Å². The number of quaternary nitrogens is 1. The zero-order valence-corrected chi connectivity index (χ0v) is 14.4. The molecule has 0 bridgehead atoms. The van der Waals surface area contributed by atoms with Gasteiger partial charge in [-0.1, -0.05) is 12.2 Å². The average molecular weight is 334 g/mol. The number of benzene rings is 1. The Kier molecular flexibility index (Phi) is 5.03. The molecule has 0 aromatic heterocycles. The van der Waals surface area contributed by atoms with Gasteiger partial charge in [0.2, 0.25) is 6.79 Å². The van der Waals surface area contributed by atoms with Gasteiger partial charge in [0.25, 0.3) is 0 Å². The zero-order valence-electron chi connectivity index (χ0n) is 13.6. The van der Waals surface area contributed by atoms with E-state index in [0.29, 0.717) is 6.79 Å². The lowest BCUT2D eigenvalue weighted by Gasteiger charge is -2.34. The minimum absolute atomic E-state index is 0.332. The normalized spacial score (nSPS) is 17.2. The smallest absolute Gasteiger partial charge is 0.231 e. The van der Waals surface area contributed by atoms with E-state index in [0.717, 1.165) is 61.5 Å². The van der Waals surface area contributed by atoms with Crippen LogP contribution in [-0.4, -0.2) is 49.5 Å². The molecule has 0 unspecified atom stereocenters. The summed E-state index contributed by atoms with van der Waals surface area (Å²) in [7, 11) is 0. The average Bonchev–Trinajstić information content (AvgIpc) is 3.01. The van der Waals surface area contributed by atoms with Crippen LogP contribution in [0.1, 0.15) is 12.5 Å². The molecule has 2 heterocycles. The van der Waals surface area contributed by atoms with Crippen LogP contribution in [0.4, 0.5) is 0 Å². The van der Waals surface area contributed by atoms with Crippen LogP contribution in [0.15, 0.2) is 30.4 Å². The maximum Gasteiger partial charge on any atom is 0.231 e. The van der Waals surface area contributed by atoms with E-state index in [-0.39, 0.29) is 0 Å². The molecule has 3 rings (SSSR count). The molecule has 0 aliphatic carbocycles. The van der Waals surface area contributed by atoms with Crippen molar-refractivity contribution in [3.8, 4) is 11.5 Å². The van der Waals surface area contributed by atoms with Gasteiger partial charge in [-0.2, -0.15) is 0 Å². The first-order valence-corrected chi connectivity index (χ1v) is 8.42. The van der Waals surface area contributed by atoms with E-state index in [1.54, 1.807) is 4.90 Å². The predicted octanol–water partition coefficient (Wildman–Crippen LogP) is 0.566. The minimum atomic E-state index is 0.332. The van der Waals surface area contributed by atoms with Crippen molar-refractivity contribution in [2.24, 2.45) is 0 Å². The molecule has 0 saturated carbocycles. The van der Waals surface area contributed by atoms with E-state index < -0.39 is 0 Å². The fourth-order valence-corrected chi connectivity index (χ4v) is 3.14. The first-order chi connectivity index (χ1) is 11.1. The predicted molar refractivity (Wildman–Crippen MR) is 94.0 cm³/mol. The summed E-state index contributed by atoms with van der Waals surface area (Å²) in [4.78, 5) is 3.82. The van der Waals surface area contributed by atoms with Gasteiger partial charge in [-0.05, 0) is 37.3 Å². The van der Waals surface area contributed by atoms with Gasteiger partial charge in [0.05, 0.1) is 26.2 Å². The number of ether oxygens (including phenoxy) is 2. The second-order valence-electron chi connectivity index (χ2n) is 6.22. The van der Waals surface area contributed by atoms with Gasteiger partial charge in [-0.3, -0.25) is 0 Å². The van der Waals surface area contributed by atoms with Crippen molar-refractivity contribution in [1.82, 2.24) is 10.2 Å². The molecule has 1 saturated heterocycles. The van der Waals surface area contributed by atoms with Crippen LogP contribution in [0.25, 0.3) is 0 Å². The molecule has 5 nitrogen and oxygen atoms in total. The number of thiocarbonyl (C=S) groups is 1. The van der Waals surface area contributed by atoms with Gasteiger partial charge in [0, 0.05) is 12.1 Å². The third-order valence-electron chi connectivity index (χ3n) is 4.19. The SMILES string of the molecule is C=C(C)CNC(=S)N1CC[NH+](Cc2ccc3c(c2)OCO3)CC1. The molecule has 1 fully saturated rings. The molecule has 0 radical (unpaired) electrons. The highest BCUT2D eigenvalue weighted by Crippen LogP contribution is 2.32. The lowest BCUT2D eigenvalue weighted by Crippen LogP contribution is -3.13. The second-order valence-corrected chi connectivity index (χ2v) is 6.60. The summed E-state index contributed by atoms with van der Waals surface area (Å²) >= 11 is 5.45. The maximum absolute atomic E-state index is 5.45. The molecular formula is C17H24N3O2S+. The Morgan fingerprint density at radius 2 is 2.04 bits per heavy atom. The summed E-state index contributed by atoms with van der Waals surface area (Å²) in [6.07, 6.45) is 0. The Morgan fingerprint density at radius 3 is 2.78 bits per heavy atom. The molecule has 0 atom stereocenters. The summed E-state index contributed by atoms with van der Waals surface area (Å²) in [5.74, 6) is 1.72. The Morgan fingerprint density at radius 1 is 1.30 bits per heavy atom. The van der Waals surface area contributed by atoms with E-state index >= 15 is 0 Å². The van der Waals surface area contributed by atoms with Crippen LogP contribution in [0.2, 0.25) is 0 Å². The van der Waals surface area contributed by atoms with Crippen LogP contribution in [0.3, 0.4) is 0 Å². The fraction of sp³-hybridized carbons (Fsp3) is 0.471. The summed E-state index contributed by atoms with van der Waals surface area (Å²) in [6.45, 7) is 12.1. The Bertz CT molecular complexity index is 598. The van der Waals surface area contributed by atoms with Crippen molar-refractivity contribution in [2.75, 3.05) is 39.5 Å². The molecule has 6 heteroatoms. The summed E-state index contributed by atoms with van der Waals surface area (Å²) < 4.78 is 10.8. The van der Waals surface area contributed by atoms with Gasteiger partial charge in [-0.25, -0.2) is 0 Å². The van der Waals surface area contributed by atoms with Crippen LogP contribution >= 0.6 is 12.2 Å². The molecular weight excluding hydrogens is 310 g/mol. The Balaban J connectivity index is 1.47. The van der Waals surface area contributed by atoms with Crippen LogP contribution < -0.4 is 19.7 Å². The maximum atomic E-state index is 5.45. The van der Waals surface area contributed by atoms with Crippen molar-refractivity contribution in [1.29, 1.82) is 0 Å². The fourth-order valence-electron chi connectivity index (χ4n) is 2.88. The van der Waals surface area contributed by atoms with Crippen LogP contribution in [0, 0.1) is 0 Å². The van der Waals surface area contributed by atoms with Gasteiger partial charge in [0.1, 0.15) is 6.54 Å². The highest BCUT2D eigenvalue weighted by atomic mass is 32.1. The highest BCUT2D eigenvalue weighted by Gasteiger charge is 2.22.